The van der Waals surface area contributed by atoms with Crippen LogP contribution in [0.25, 0.3) is 0 Å². The average molecular weight is 299 g/mol. The van der Waals surface area contributed by atoms with E-state index in [1.165, 1.54) is 0 Å². The van der Waals surface area contributed by atoms with Gasteiger partial charge in [-0.1, -0.05) is 26.0 Å². The Labute approximate surface area is 122 Å². The molecular weight excluding hydrogens is 274 g/mol. The van der Waals surface area contributed by atoms with Gasteiger partial charge >= 0.3 is 0 Å². The maximum Gasteiger partial charge on any atom is 0.155 e. The molecule has 0 heterocycles. The molecule has 0 fully saturated rings. The highest BCUT2D eigenvalue weighted by molar-refractivity contribution is 7.92. The Morgan fingerprint density at radius 3 is 2.10 bits per heavy atom. The van der Waals surface area contributed by atoms with Crippen molar-refractivity contribution in [2.24, 2.45) is 5.92 Å². The highest BCUT2D eigenvalue weighted by Gasteiger charge is 2.27. The summed E-state index contributed by atoms with van der Waals surface area (Å²) in [5.74, 6) is 0.991. The molecule has 0 saturated carbocycles. The van der Waals surface area contributed by atoms with Crippen LogP contribution in [-0.2, 0) is 9.84 Å². The Balaban J connectivity index is 2.91. The maximum atomic E-state index is 12.4. The number of sulfone groups is 1. The molecule has 0 saturated heterocycles. The van der Waals surface area contributed by atoms with Crippen LogP contribution in [0.1, 0.15) is 32.4 Å². The summed E-state index contributed by atoms with van der Waals surface area (Å²) >= 11 is 0. The number of ether oxygens (including phenoxy) is 1. The lowest BCUT2D eigenvalue weighted by molar-refractivity contribution is 0.414. The Hall–Kier alpha value is -1.07. The van der Waals surface area contributed by atoms with Gasteiger partial charge in [-0.2, -0.15) is 0 Å². The minimum Gasteiger partial charge on any atom is -0.497 e. The third kappa shape index (κ3) is 4.21. The topological polar surface area (TPSA) is 55.4 Å². The molecule has 5 heteroatoms. The smallest absolute Gasteiger partial charge is 0.155 e. The summed E-state index contributed by atoms with van der Waals surface area (Å²) < 4.78 is 29.9. The first-order valence-electron chi connectivity index (χ1n) is 6.84. The zero-order valence-corrected chi connectivity index (χ0v) is 13.7. The highest BCUT2D eigenvalue weighted by atomic mass is 32.2. The molecule has 1 aromatic carbocycles. The Morgan fingerprint density at radius 1 is 1.15 bits per heavy atom. The van der Waals surface area contributed by atoms with Gasteiger partial charge in [-0.15, -0.1) is 0 Å². The molecule has 4 nitrogen and oxygen atoms in total. The first-order valence-corrected chi connectivity index (χ1v) is 8.56. The van der Waals surface area contributed by atoms with Gasteiger partial charge in [0, 0.05) is 6.04 Å². The fourth-order valence-corrected chi connectivity index (χ4v) is 3.94. The highest BCUT2D eigenvalue weighted by Crippen LogP contribution is 2.22. The fraction of sp³-hybridized carbons (Fsp3) is 0.600. The standard InChI is InChI=1S/C15H25NO3S/c1-11(2)12(3)20(17,18)10-15(16-4)13-6-8-14(19-5)9-7-13/h6-9,11-12,15-16H,10H2,1-5H3. The van der Waals surface area contributed by atoms with Gasteiger partial charge in [0.05, 0.1) is 18.1 Å². The van der Waals surface area contributed by atoms with Crippen molar-refractivity contribution in [3.63, 3.8) is 0 Å². The normalized spacial score (nSPS) is 15.1. The van der Waals surface area contributed by atoms with E-state index in [0.717, 1.165) is 11.3 Å². The number of hydrogen-bond acceptors (Lipinski definition) is 4. The molecule has 1 aromatic rings. The van der Waals surface area contributed by atoms with Crippen molar-refractivity contribution in [3.05, 3.63) is 29.8 Å². The van der Waals surface area contributed by atoms with Crippen LogP contribution < -0.4 is 10.1 Å². The van der Waals surface area contributed by atoms with Crippen molar-refractivity contribution in [2.45, 2.75) is 32.1 Å². The fourth-order valence-electron chi connectivity index (χ4n) is 1.98. The number of benzene rings is 1. The molecule has 0 aromatic heterocycles. The Bertz CT molecular complexity index is 508. The summed E-state index contributed by atoms with van der Waals surface area (Å²) in [7, 11) is 0.264. The minimum absolute atomic E-state index is 0.106. The predicted octanol–water partition coefficient (Wildman–Crippen LogP) is 2.42. The SMILES string of the molecule is CNC(CS(=O)(=O)C(C)C(C)C)c1ccc(OC)cc1. The molecule has 1 rings (SSSR count). The number of methoxy groups -OCH3 is 1. The largest absolute Gasteiger partial charge is 0.497 e. The molecule has 2 atom stereocenters. The average Bonchev–Trinajstić information content (AvgIpc) is 2.44. The Morgan fingerprint density at radius 2 is 1.70 bits per heavy atom. The van der Waals surface area contributed by atoms with E-state index in [2.05, 4.69) is 5.32 Å². The second-order valence-electron chi connectivity index (χ2n) is 5.39. The molecule has 2 unspecified atom stereocenters. The number of nitrogens with one attached hydrogen (secondary N) is 1. The van der Waals surface area contributed by atoms with Crippen LogP contribution >= 0.6 is 0 Å². The van der Waals surface area contributed by atoms with E-state index in [9.17, 15) is 8.42 Å². The van der Waals surface area contributed by atoms with E-state index in [1.54, 1.807) is 21.1 Å². The van der Waals surface area contributed by atoms with E-state index in [0.29, 0.717) is 0 Å². The molecular formula is C15H25NO3S. The van der Waals surface area contributed by atoms with Crippen molar-refractivity contribution < 1.29 is 13.2 Å². The lowest BCUT2D eigenvalue weighted by Crippen LogP contribution is -2.32. The molecule has 0 radical (unpaired) electrons. The van der Waals surface area contributed by atoms with Crippen LogP contribution in [0.4, 0.5) is 0 Å². The van der Waals surface area contributed by atoms with Crippen LogP contribution in [0.3, 0.4) is 0 Å². The van der Waals surface area contributed by atoms with E-state index in [-0.39, 0.29) is 23.0 Å². The van der Waals surface area contributed by atoms with Gasteiger partial charge in [0.1, 0.15) is 5.75 Å². The van der Waals surface area contributed by atoms with Gasteiger partial charge in [0.15, 0.2) is 9.84 Å². The lowest BCUT2D eigenvalue weighted by atomic mass is 10.1. The summed E-state index contributed by atoms with van der Waals surface area (Å²) in [5.41, 5.74) is 0.952. The Kier molecular flexibility index (Phi) is 6.02. The third-order valence-electron chi connectivity index (χ3n) is 3.77. The van der Waals surface area contributed by atoms with Crippen LogP contribution in [0.15, 0.2) is 24.3 Å². The van der Waals surface area contributed by atoms with Crippen molar-refractivity contribution in [1.29, 1.82) is 0 Å². The van der Waals surface area contributed by atoms with Gasteiger partial charge in [0.2, 0.25) is 0 Å². The van der Waals surface area contributed by atoms with Gasteiger partial charge in [-0.25, -0.2) is 8.42 Å². The monoisotopic (exact) mass is 299 g/mol. The summed E-state index contributed by atoms with van der Waals surface area (Å²) in [6, 6.07) is 7.29. The van der Waals surface area contributed by atoms with E-state index in [1.807, 2.05) is 38.1 Å². The quantitative estimate of drug-likeness (QED) is 0.840. The van der Waals surface area contributed by atoms with Crippen molar-refractivity contribution in [2.75, 3.05) is 19.9 Å². The molecule has 114 valence electrons. The van der Waals surface area contributed by atoms with Crippen molar-refractivity contribution in [3.8, 4) is 5.75 Å². The summed E-state index contributed by atoms with van der Waals surface area (Å²) in [6.07, 6.45) is 0. The second-order valence-corrected chi connectivity index (χ2v) is 7.80. The second kappa shape index (κ2) is 7.09. The first kappa shape index (κ1) is 17.0. The van der Waals surface area contributed by atoms with E-state index >= 15 is 0 Å². The number of hydrogen-bond donors (Lipinski definition) is 1. The van der Waals surface area contributed by atoms with Crippen LogP contribution in [0.5, 0.6) is 5.75 Å². The van der Waals surface area contributed by atoms with Crippen LogP contribution in [0.2, 0.25) is 0 Å². The number of rotatable bonds is 7. The van der Waals surface area contributed by atoms with E-state index in [4.69, 9.17) is 4.74 Å². The third-order valence-corrected chi connectivity index (χ3v) is 6.25. The maximum absolute atomic E-state index is 12.4. The van der Waals surface area contributed by atoms with Gasteiger partial charge < -0.3 is 10.1 Å². The molecule has 0 aliphatic carbocycles. The van der Waals surface area contributed by atoms with Crippen molar-refractivity contribution in [1.82, 2.24) is 5.32 Å². The zero-order chi connectivity index (χ0) is 15.3. The molecule has 0 aliphatic rings. The molecule has 1 N–H and O–H groups in total. The van der Waals surface area contributed by atoms with Gasteiger partial charge in [-0.05, 0) is 37.6 Å². The molecule has 0 amide bonds. The van der Waals surface area contributed by atoms with Gasteiger partial charge in [0.25, 0.3) is 0 Å². The molecule has 0 aliphatic heterocycles. The van der Waals surface area contributed by atoms with Crippen molar-refractivity contribution >= 4 is 9.84 Å². The lowest BCUT2D eigenvalue weighted by Gasteiger charge is -2.22. The first-order chi connectivity index (χ1) is 9.31. The zero-order valence-electron chi connectivity index (χ0n) is 12.9. The van der Waals surface area contributed by atoms with Gasteiger partial charge in [-0.3, -0.25) is 0 Å². The minimum atomic E-state index is -3.13. The van der Waals surface area contributed by atoms with E-state index < -0.39 is 9.84 Å². The molecule has 0 spiro atoms. The predicted molar refractivity (Wildman–Crippen MR) is 82.9 cm³/mol. The molecule has 0 bridgehead atoms. The summed E-state index contributed by atoms with van der Waals surface area (Å²) in [5, 5.41) is 2.75. The molecule has 20 heavy (non-hydrogen) atoms. The summed E-state index contributed by atoms with van der Waals surface area (Å²) in [4.78, 5) is 0. The summed E-state index contributed by atoms with van der Waals surface area (Å²) in [6.45, 7) is 5.65. The van der Waals surface area contributed by atoms with Crippen LogP contribution in [-0.4, -0.2) is 33.6 Å². The van der Waals surface area contributed by atoms with Crippen LogP contribution in [0, 0.1) is 5.92 Å².